The highest BCUT2D eigenvalue weighted by Crippen LogP contribution is 2.57. The van der Waals surface area contributed by atoms with Crippen LogP contribution < -0.4 is 0 Å². The third-order valence-corrected chi connectivity index (χ3v) is 9.11. The van der Waals surface area contributed by atoms with Gasteiger partial charge < -0.3 is 0 Å². The van der Waals surface area contributed by atoms with E-state index in [4.69, 9.17) is 0 Å². The number of fused-ring (bicyclic) bond motifs is 1. The van der Waals surface area contributed by atoms with Crippen molar-refractivity contribution in [2.75, 3.05) is 5.75 Å². The van der Waals surface area contributed by atoms with Crippen molar-refractivity contribution in [3.05, 3.63) is 39.8 Å². The zero-order valence-electron chi connectivity index (χ0n) is 14.8. The zero-order chi connectivity index (χ0) is 16.8. The number of thiophene rings is 1. The summed E-state index contributed by atoms with van der Waals surface area (Å²) in [5.74, 6) is 1.14. The molecule has 124 valence electrons. The Kier molecular flexibility index (Phi) is 4.63. The fourth-order valence-electron chi connectivity index (χ4n) is 2.70. The predicted octanol–water partition coefficient (Wildman–Crippen LogP) is 6.68. The molecule has 0 bridgehead atoms. The van der Waals surface area contributed by atoms with Crippen LogP contribution in [0.4, 0.5) is 0 Å². The molecular formula is C19H25NS3. The molecule has 3 heterocycles. The van der Waals surface area contributed by atoms with Crippen LogP contribution in [0.25, 0.3) is 0 Å². The van der Waals surface area contributed by atoms with Crippen LogP contribution >= 0.6 is 34.9 Å². The Balaban J connectivity index is 2.06. The molecule has 3 rings (SSSR count). The standard InChI is InChI=1S/C19H25NS3/c1-18(2,3)16-14-15(17(23-16)19(4,5)6)22-13(11-21-14)12-7-9-20-10-8-12/h7-10,13H,11H2,1-6H3. The van der Waals surface area contributed by atoms with E-state index < -0.39 is 0 Å². The summed E-state index contributed by atoms with van der Waals surface area (Å²) in [6, 6.07) is 4.33. The summed E-state index contributed by atoms with van der Waals surface area (Å²) >= 11 is 6.15. The molecule has 0 spiro atoms. The van der Waals surface area contributed by atoms with Crippen LogP contribution in [0.5, 0.6) is 0 Å². The molecule has 1 atom stereocenters. The molecule has 1 unspecified atom stereocenters. The average molecular weight is 364 g/mol. The Labute approximate surface area is 152 Å². The Morgan fingerprint density at radius 3 is 2.04 bits per heavy atom. The monoisotopic (exact) mass is 363 g/mol. The summed E-state index contributed by atoms with van der Waals surface area (Å²) in [5, 5.41) is 0.527. The molecule has 23 heavy (non-hydrogen) atoms. The number of hydrogen-bond donors (Lipinski definition) is 0. The Hall–Kier alpha value is -0.450. The third kappa shape index (κ3) is 3.49. The lowest BCUT2D eigenvalue weighted by Crippen LogP contribution is -2.12. The topological polar surface area (TPSA) is 12.9 Å². The van der Waals surface area contributed by atoms with Gasteiger partial charge in [0.1, 0.15) is 0 Å². The van der Waals surface area contributed by atoms with Crippen LogP contribution in [0.1, 0.15) is 62.1 Å². The Morgan fingerprint density at radius 1 is 0.913 bits per heavy atom. The number of rotatable bonds is 1. The lowest BCUT2D eigenvalue weighted by atomic mass is 9.93. The van der Waals surface area contributed by atoms with Crippen molar-refractivity contribution in [2.24, 2.45) is 0 Å². The average Bonchev–Trinajstić information content (AvgIpc) is 2.87. The fraction of sp³-hybridized carbons (Fsp3) is 0.526. The summed E-state index contributed by atoms with van der Waals surface area (Å²) in [6.45, 7) is 14.0. The van der Waals surface area contributed by atoms with E-state index in [9.17, 15) is 0 Å². The number of pyridine rings is 1. The van der Waals surface area contributed by atoms with Gasteiger partial charge in [0.2, 0.25) is 0 Å². The van der Waals surface area contributed by atoms with Crippen LogP contribution in [-0.2, 0) is 10.8 Å². The van der Waals surface area contributed by atoms with Gasteiger partial charge >= 0.3 is 0 Å². The minimum atomic E-state index is 0.200. The molecule has 2 aromatic heterocycles. The second-order valence-corrected chi connectivity index (χ2v) is 11.4. The van der Waals surface area contributed by atoms with Crippen molar-refractivity contribution in [2.45, 2.75) is 67.4 Å². The highest BCUT2D eigenvalue weighted by atomic mass is 32.2. The van der Waals surface area contributed by atoms with Gasteiger partial charge in [-0.1, -0.05) is 41.5 Å². The van der Waals surface area contributed by atoms with E-state index in [1.807, 2.05) is 23.7 Å². The van der Waals surface area contributed by atoms with Gasteiger partial charge in [0.15, 0.2) is 0 Å². The minimum absolute atomic E-state index is 0.200. The van der Waals surface area contributed by atoms with E-state index in [1.165, 1.54) is 10.5 Å². The minimum Gasteiger partial charge on any atom is -0.265 e. The predicted molar refractivity (Wildman–Crippen MR) is 105 cm³/mol. The first-order valence-corrected chi connectivity index (χ1v) is 10.7. The molecule has 0 aliphatic carbocycles. The Bertz CT molecular complexity index is 690. The molecule has 1 aliphatic rings. The van der Waals surface area contributed by atoms with Crippen LogP contribution in [0.15, 0.2) is 34.3 Å². The van der Waals surface area contributed by atoms with E-state index in [2.05, 4.69) is 82.2 Å². The van der Waals surface area contributed by atoms with E-state index in [1.54, 1.807) is 14.6 Å². The first-order chi connectivity index (χ1) is 10.7. The third-order valence-electron chi connectivity index (χ3n) is 3.90. The number of thioether (sulfide) groups is 2. The van der Waals surface area contributed by atoms with Crippen LogP contribution in [0.3, 0.4) is 0 Å². The van der Waals surface area contributed by atoms with Gasteiger partial charge in [0.25, 0.3) is 0 Å². The zero-order valence-corrected chi connectivity index (χ0v) is 17.2. The lowest BCUT2D eigenvalue weighted by molar-refractivity contribution is 0.584. The molecular weight excluding hydrogens is 338 g/mol. The van der Waals surface area contributed by atoms with Crippen molar-refractivity contribution in [1.29, 1.82) is 0 Å². The summed E-state index contributed by atoms with van der Waals surface area (Å²) in [5.41, 5.74) is 1.81. The maximum atomic E-state index is 4.16. The van der Waals surface area contributed by atoms with Gasteiger partial charge in [-0.15, -0.1) is 34.9 Å². The Morgan fingerprint density at radius 2 is 1.48 bits per heavy atom. The molecule has 0 N–H and O–H groups in total. The molecule has 1 aliphatic heterocycles. The molecule has 1 nitrogen and oxygen atoms in total. The van der Waals surface area contributed by atoms with Gasteiger partial charge in [-0.2, -0.15) is 0 Å². The molecule has 0 aromatic carbocycles. The van der Waals surface area contributed by atoms with Crippen LogP contribution in [-0.4, -0.2) is 10.7 Å². The second-order valence-electron chi connectivity index (χ2n) is 8.12. The first-order valence-electron chi connectivity index (χ1n) is 8.05. The van der Waals surface area contributed by atoms with Crippen molar-refractivity contribution < 1.29 is 0 Å². The van der Waals surface area contributed by atoms with Crippen molar-refractivity contribution >= 4 is 34.9 Å². The largest absolute Gasteiger partial charge is 0.265 e. The number of aromatic nitrogens is 1. The molecule has 0 saturated carbocycles. The van der Waals surface area contributed by atoms with Gasteiger partial charge in [-0.25, -0.2) is 0 Å². The fourth-order valence-corrected chi connectivity index (χ4v) is 7.79. The molecule has 2 aromatic rings. The lowest BCUT2D eigenvalue weighted by Gasteiger charge is -2.27. The highest BCUT2D eigenvalue weighted by molar-refractivity contribution is 8.06. The SMILES string of the molecule is CC(C)(C)c1sc(C(C)(C)C)c2c1SCC(c1ccncc1)S2. The maximum Gasteiger partial charge on any atom is 0.0440 e. The number of hydrogen-bond acceptors (Lipinski definition) is 4. The van der Waals surface area contributed by atoms with Crippen molar-refractivity contribution in [1.82, 2.24) is 4.98 Å². The highest BCUT2D eigenvalue weighted by Gasteiger charge is 2.35. The van der Waals surface area contributed by atoms with E-state index >= 15 is 0 Å². The molecule has 0 fully saturated rings. The normalized spacial score (nSPS) is 18.8. The molecule has 4 heteroatoms. The second kappa shape index (κ2) is 6.12. The van der Waals surface area contributed by atoms with Gasteiger partial charge in [-0.05, 0) is 28.5 Å². The number of nitrogens with zero attached hydrogens (tertiary/aromatic N) is 1. The quantitative estimate of drug-likeness (QED) is 0.561. The van der Waals surface area contributed by atoms with Crippen molar-refractivity contribution in [3.8, 4) is 0 Å². The van der Waals surface area contributed by atoms with E-state index in [0.717, 1.165) is 5.75 Å². The van der Waals surface area contributed by atoms with Gasteiger partial charge in [0, 0.05) is 42.9 Å². The maximum absolute atomic E-state index is 4.16. The summed E-state index contributed by atoms with van der Waals surface area (Å²) in [6.07, 6.45) is 3.82. The van der Waals surface area contributed by atoms with E-state index in [0.29, 0.717) is 5.25 Å². The smallest absolute Gasteiger partial charge is 0.0440 e. The van der Waals surface area contributed by atoms with Gasteiger partial charge in [0.05, 0.1) is 0 Å². The van der Waals surface area contributed by atoms with Crippen LogP contribution in [0, 0.1) is 0 Å². The van der Waals surface area contributed by atoms with Gasteiger partial charge in [-0.3, -0.25) is 4.98 Å². The van der Waals surface area contributed by atoms with Crippen LogP contribution in [0.2, 0.25) is 0 Å². The summed E-state index contributed by atoms with van der Waals surface area (Å²) in [7, 11) is 0. The molecule has 0 amide bonds. The first kappa shape index (κ1) is 17.4. The summed E-state index contributed by atoms with van der Waals surface area (Å²) < 4.78 is 0. The van der Waals surface area contributed by atoms with Crippen molar-refractivity contribution in [3.63, 3.8) is 0 Å². The molecule has 0 radical (unpaired) electrons. The summed E-state index contributed by atoms with van der Waals surface area (Å²) in [4.78, 5) is 10.3. The van der Waals surface area contributed by atoms with E-state index in [-0.39, 0.29) is 10.8 Å². The molecule has 0 saturated heterocycles.